The number of hydrogen-bond donors (Lipinski definition) is 2. The van der Waals surface area contributed by atoms with Gasteiger partial charge in [-0.2, -0.15) is 10.2 Å². The van der Waals surface area contributed by atoms with Crippen molar-refractivity contribution < 1.29 is 14.7 Å². The van der Waals surface area contributed by atoms with Crippen molar-refractivity contribution in [1.29, 1.82) is 0 Å². The van der Waals surface area contributed by atoms with Gasteiger partial charge in [0.2, 0.25) is 0 Å². The van der Waals surface area contributed by atoms with Crippen LogP contribution in [-0.2, 0) is 14.1 Å². The maximum Gasteiger partial charge on any atom is 0.357 e. The van der Waals surface area contributed by atoms with E-state index in [0.29, 0.717) is 5.82 Å². The normalized spacial score (nSPS) is 10.5. The topological polar surface area (TPSA) is 102 Å². The highest BCUT2D eigenvalue weighted by Gasteiger charge is 2.21. The van der Waals surface area contributed by atoms with Crippen LogP contribution in [0.1, 0.15) is 26.5 Å². The Labute approximate surface area is 108 Å². The van der Waals surface area contributed by atoms with Crippen molar-refractivity contribution in [1.82, 2.24) is 19.6 Å². The van der Waals surface area contributed by atoms with Gasteiger partial charge in [-0.3, -0.25) is 14.2 Å². The zero-order valence-corrected chi connectivity index (χ0v) is 10.7. The summed E-state index contributed by atoms with van der Waals surface area (Å²) in [7, 11) is 3.24. The zero-order chi connectivity index (χ0) is 14.2. The van der Waals surface area contributed by atoms with Gasteiger partial charge >= 0.3 is 5.97 Å². The lowest BCUT2D eigenvalue weighted by molar-refractivity contribution is 0.0685. The highest BCUT2D eigenvalue weighted by atomic mass is 16.4. The number of carboxylic acid groups (broad SMARTS) is 1. The predicted octanol–water partition coefficient (Wildman–Crippen LogP) is 0.413. The number of aromatic carboxylic acids is 1. The minimum absolute atomic E-state index is 0.00820. The molecular weight excluding hydrogens is 250 g/mol. The van der Waals surface area contributed by atoms with E-state index in [1.807, 2.05) is 0 Å². The number of aryl methyl sites for hydroxylation is 3. The molecule has 0 aliphatic rings. The van der Waals surface area contributed by atoms with E-state index in [2.05, 4.69) is 15.5 Å². The summed E-state index contributed by atoms with van der Waals surface area (Å²) in [4.78, 5) is 23.0. The van der Waals surface area contributed by atoms with Crippen molar-refractivity contribution in [3.63, 3.8) is 0 Å². The van der Waals surface area contributed by atoms with Gasteiger partial charge in [0.25, 0.3) is 5.91 Å². The lowest BCUT2D eigenvalue weighted by atomic mass is 10.2. The smallest absolute Gasteiger partial charge is 0.357 e. The molecule has 2 N–H and O–H groups in total. The predicted molar refractivity (Wildman–Crippen MR) is 66.1 cm³/mol. The monoisotopic (exact) mass is 263 g/mol. The lowest BCUT2D eigenvalue weighted by Crippen LogP contribution is -2.17. The molecule has 8 nitrogen and oxygen atoms in total. The third-order valence-corrected chi connectivity index (χ3v) is 2.52. The first kappa shape index (κ1) is 12.8. The Bertz CT molecular complexity index is 655. The van der Waals surface area contributed by atoms with Crippen LogP contribution in [0.15, 0.2) is 12.3 Å². The van der Waals surface area contributed by atoms with Crippen LogP contribution in [0.5, 0.6) is 0 Å². The minimum Gasteiger partial charge on any atom is -0.476 e. The van der Waals surface area contributed by atoms with Gasteiger partial charge in [0, 0.05) is 26.4 Å². The average molecular weight is 263 g/mol. The lowest BCUT2D eigenvalue weighted by Gasteiger charge is -2.03. The summed E-state index contributed by atoms with van der Waals surface area (Å²) in [6.45, 7) is 1.79. The van der Waals surface area contributed by atoms with Crippen LogP contribution in [0.4, 0.5) is 5.82 Å². The van der Waals surface area contributed by atoms with E-state index < -0.39 is 11.9 Å². The summed E-state index contributed by atoms with van der Waals surface area (Å²) in [6.07, 6.45) is 1.36. The highest BCUT2D eigenvalue weighted by molar-refractivity contribution is 6.09. The van der Waals surface area contributed by atoms with Crippen LogP contribution in [0.25, 0.3) is 0 Å². The number of carbonyl (C=O) groups excluding carboxylic acids is 1. The molecule has 8 heteroatoms. The summed E-state index contributed by atoms with van der Waals surface area (Å²) in [5, 5.41) is 19.4. The van der Waals surface area contributed by atoms with Crippen molar-refractivity contribution in [3.8, 4) is 0 Å². The second-order valence-corrected chi connectivity index (χ2v) is 4.12. The Balaban J connectivity index is 2.30. The maximum atomic E-state index is 12.0. The second kappa shape index (κ2) is 4.56. The van der Waals surface area contributed by atoms with Crippen LogP contribution in [0, 0.1) is 6.92 Å². The maximum absolute atomic E-state index is 12.0. The van der Waals surface area contributed by atoms with Crippen molar-refractivity contribution >= 4 is 17.7 Å². The summed E-state index contributed by atoms with van der Waals surface area (Å²) >= 11 is 0. The number of nitrogens with one attached hydrogen (secondary N) is 1. The Morgan fingerprint density at radius 3 is 2.53 bits per heavy atom. The molecule has 0 bridgehead atoms. The fraction of sp³-hybridized carbons (Fsp3) is 0.273. The van der Waals surface area contributed by atoms with E-state index in [4.69, 9.17) is 5.11 Å². The Kier molecular flexibility index (Phi) is 3.07. The Hall–Kier alpha value is -2.64. The summed E-state index contributed by atoms with van der Waals surface area (Å²) < 4.78 is 2.79. The number of hydrogen-bond acceptors (Lipinski definition) is 4. The van der Waals surface area contributed by atoms with Crippen LogP contribution in [0.3, 0.4) is 0 Å². The van der Waals surface area contributed by atoms with Gasteiger partial charge in [-0.15, -0.1) is 0 Å². The molecule has 19 heavy (non-hydrogen) atoms. The van der Waals surface area contributed by atoms with Gasteiger partial charge in [0.05, 0.1) is 11.3 Å². The molecule has 0 aromatic carbocycles. The number of carboxylic acids is 1. The van der Waals surface area contributed by atoms with Gasteiger partial charge in [0.1, 0.15) is 5.82 Å². The van der Waals surface area contributed by atoms with E-state index >= 15 is 0 Å². The van der Waals surface area contributed by atoms with Gasteiger partial charge in [0.15, 0.2) is 5.69 Å². The molecule has 0 saturated carbocycles. The van der Waals surface area contributed by atoms with Crippen molar-refractivity contribution in [2.24, 2.45) is 14.1 Å². The van der Waals surface area contributed by atoms with E-state index in [9.17, 15) is 9.59 Å². The Morgan fingerprint density at radius 1 is 1.32 bits per heavy atom. The van der Waals surface area contributed by atoms with E-state index in [1.54, 1.807) is 27.1 Å². The van der Waals surface area contributed by atoms with Crippen LogP contribution < -0.4 is 5.32 Å². The molecule has 0 radical (unpaired) electrons. The first-order valence-corrected chi connectivity index (χ1v) is 5.47. The van der Waals surface area contributed by atoms with Crippen LogP contribution in [0.2, 0.25) is 0 Å². The van der Waals surface area contributed by atoms with Gasteiger partial charge in [-0.25, -0.2) is 4.79 Å². The fourth-order valence-corrected chi connectivity index (χ4v) is 1.72. The number of anilines is 1. The van der Waals surface area contributed by atoms with Crippen LogP contribution >= 0.6 is 0 Å². The second-order valence-electron chi connectivity index (χ2n) is 4.12. The number of amides is 1. The standard InChI is InChI=1S/C11H13N5O3/c1-6-4-8(16(3)13-6)12-10(17)7-5-15(2)14-9(7)11(18)19/h4-5H,1-3H3,(H,12,17)(H,18,19). The highest BCUT2D eigenvalue weighted by Crippen LogP contribution is 2.12. The molecule has 2 heterocycles. The third-order valence-electron chi connectivity index (χ3n) is 2.52. The largest absolute Gasteiger partial charge is 0.476 e. The quantitative estimate of drug-likeness (QED) is 0.835. The van der Waals surface area contributed by atoms with E-state index in [0.717, 1.165) is 5.69 Å². The molecule has 0 aliphatic carbocycles. The number of aromatic nitrogens is 4. The number of rotatable bonds is 3. The van der Waals surface area contributed by atoms with Gasteiger partial charge in [-0.1, -0.05) is 0 Å². The molecule has 2 aromatic rings. The first-order chi connectivity index (χ1) is 8.88. The molecule has 0 saturated heterocycles. The van der Waals surface area contributed by atoms with E-state index in [-0.39, 0.29) is 11.3 Å². The zero-order valence-electron chi connectivity index (χ0n) is 10.7. The Morgan fingerprint density at radius 2 is 2.00 bits per heavy atom. The molecular formula is C11H13N5O3. The van der Waals surface area contributed by atoms with Crippen molar-refractivity contribution in [2.75, 3.05) is 5.32 Å². The van der Waals surface area contributed by atoms with Gasteiger partial charge in [-0.05, 0) is 6.92 Å². The summed E-state index contributed by atoms with van der Waals surface area (Å²) in [5.41, 5.74) is 0.482. The molecule has 0 spiro atoms. The molecule has 100 valence electrons. The third kappa shape index (κ3) is 2.46. The summed E-state index contributed by atoms with van der Waals surface area (Å²) in [6, 6.07) is 1.69. The van der Waals surface area contributed by atoms with Crippen LogP contribution in [-0.4, -0.2) is 36.5 Å². The summed E-state index contributed by atoms with van der Waals surface area (Å²) in [5.74, 6) is -1.29. The molecule has 2 aromatic heterocycles. The van der Waals surface area contributed by atoms with Gasteiger partial charge < -0.3 is 10.4 Å². The number of carbonyl (C=O) groups is 2. The SMILES string of the molecule is Cc1cc(NC(=O)c2cn(C)nc2C(=O)O)n(C)n1. The molecule has 2 rings (SSSR count). The molecule has 0 atom stereocenters. The molecule has 0 unspecified atom stereocenters. The van der Waals surface area contributed by atoms with Crippen molar-refractivity contribution in [3.05, 3.63) is 29.2 Å². The minimum atomic E-state index is -1.24. The average Bonchev–Trinajstić information content (AvgIpc) is 2.83. The van der Waals surface area contributed by atoms with E-state index in [1.165, 1.54) is 15.6 Å². The van der Waals surface area contributed by atoms with Crippen molar-refractivity contribution in [2.45, 2.75) is 6.92 Å². The molecule has 0 aliphatic heterocycles. The first-order valence-electron chi connectivity index (χ1n) is 5.47. The number of nitrogens with zero attached hydrogens (tertiary/aromatic N) is 4. The fourth-order valence-electron chi connectivity index (χ4n) is 1.72. The molecule has 1 amide bonds. The molecule has 0 fully saturated rings.